The van der Waals surface area contributed by atoms with Gasteiger partial charge in [0.25, 0.3) is 0 Å². The molecule has 0 aliphatic rings. The van der Waals surface area contributed by atoms with Gasteiger partial charge in [-0.25, -0.2) is 0 Å². The maximum Gasteiger partial charge on any atom is 0.129 e. The lowest BCUT2D eigenvalue weighted by Crippen LogP contribution is -1.92. The number of rotatable bonds is 6. The van der Waals surface area contributed by atoms with Gasteiger partial charge in [-0.3, -0.25) is 0 Å². The van der Waals surface area contributed by atoms with Crippen LogP contribution >= 0.6 is 0 Å². The van der Waals surface area contributed by atoms with Crippen LogP contribution in [0, 0.1) is 0 Å². The maximum atomic E-state index is 5.39. The van der Waals surface area contributed by atoms with Gasteiger partial charge in [-0.05, 0) is 35.9 Å². The third-order valence-corrected chi connectivity index (χ3v) is 3.28. The fourth-order valence-electron chi connectivity index (χ4n) is 2.15. The van der Waals surface area contributed by atoms with E-state index in [1.807, 2.05) is 48.6 Å². The average molecular weight is 300 g/mol. The number of hydrogen-bond donors (Lipinski definition) is 0. The molecule has 4 heteroatoms. The Bertz CT molecular complexity index is 618. The van der Waals surface area contributed by atoms with E-state index in [4.69, 9.17) is 18.9 Å². The Morgan fingerprint density at radius 2 is 1.23 bits per heavy atom. The van der Waals surface area contributed by atoms with E-state index in [-0.39, 0.29) is 0 Å². The predicted octanol–water partition coefficient (Wildman–Crippen LogP) is 3.89. The minimum Gasteiger partial charge on any atom is -0.497 e. The Morgan fingerprint density at radius 3 is 1.68 bits per heavy atom. The van der Waals surface area contributed by atoms with E-state index in [0.717, 1.165) is 34.1 Å². The minimum atomic E-state index is 0.742. The average Bonchev–Trinajstić information content (AvgIpc) is 2.58. The first-order valence-corrected chi connectivity index (χ1v) is 6.84. The Morgan fingerprint density at radius 1 is 0.682 bits per heavy atom. The zero-order valence-electron chi connectivity index (χ0n) is 13.3. The molecule has 22 heavy (non-hydrogen) atoms. The zero-order valence-corrected chi connectivity index (χ0v) is 13.3. The van der Waals surface area contributed by atoms with Gasteiger partial charge < -0.3 is 18.9 Å². The molecule has 0 saturated heterocycles. The highest BCUT2D eigenvalue weighted by Gasteiger charge is 2.06. The second kappa shape index (κ2) is 7.41. The van der Waals surface area contributed by atoms with Crippen molar-refractivity contribution in [3.63, 3.8) is 0 Å². The molecule has 0 unspecified atom stereocenters. The summed E-state index contributed by atoms with van der Waals surface area (Å²) < 4.78 is 21.3. The van der Waals surface area contributed by atoms with Crippen LogP contribution in [0.2, 0.25) is 0 Å². The quantitative estimate of drug-likeness (QED) is 0.758. The molecule has 0 radical (unpaired) electrons. The van der Waals surface area contributed by atoms with E-state index in [1.165, 1.54) is 0 Å². The fourth-order valence-corrected chi connectivity index (χ4v) is 2.15. The number of methoxy groups -OCH3 is 4. The molecule has 116 valence electrons. The molecule has 2 rings (SSSR count). The minimum absolute atomic E-state index is 0.742. The Balaban J connectivity index is 2.40. The summed E-state index contributed by atoms with van der Waals surface area (Å²) in [5.41, 5.74) is 1.85. The molecule has 2 aromatic rings. The molecule has 0 atom stereocenters. The highest BCUT2D eigenvalue weighted by Crippen LogP contribution is 2.31. The van der Waals surface area contributed by atoms with Gasteiger partial charge in [0.1, 0.15) is 23.0 Å². The van der Waals surface area contributed by atoms with Gasteiger partial charge in [-0.15, -0.1) is 0 Å². The molecule has 0 aromatic heterocycles. The van der Waals surface area contributed by atoms with Crippen LogP contribution in [0.25, 0.3) is 12.2 Å². The third-order valence-electron chi connectivity index (χ3n) is 3.28. The van der Waals surface area contributed by atoms with Crippen LogP contribution in [0.3, 0.4) is 0 Å². The normalized spacial score (nSPS) is 10.5. The molecule has 4 nitrogen and oxygen atoms in total. The first-order chi connectivity index (χ1) is 10.7. The smallest absolute Gasteiger partial charge is 0.129 e. The summed E-state index contributed by atoms with van der Waals surface area (Å²) in [6.07, 6.45) is 3.91. The standard InChI is InChI=1S/C18H20O4/c1-19-14-10-13(11-15(12-14)20-2)8-9-16-17(21-3)6-5-7-18(16)22-4/h5-12H,1-4H3/b9-8+. The van der Waals surface area contributed by atoms with Crippen molar-refractivity contribution in [1.82, 2.24) is 0 Å². The second-order valence-electron chi connectivity index (χ2n) is 4.56. The molecular formula is C18H20O4. The fraction of sp³-hybridized carbons (Fsp3) is 0.222. The van der Waals surface area contributed by atoms with Crippen LogP contribution in [0.4, 0.5) is 0 Å². The molecule has 0 spiro atoms. The first kappa shape index (κ1) is 15.8. The van der Waals surface area contributed by atoms with E-state index >= 15 is 0 Å². The van der Waals surface area contributed by atoms with Crippen LogP contribution in [-0.4, -0.2) is 28.4 Å². The second-order valence-corrected chi connectivity index (χ2v) is 4.56. The van der Waals surface area contributed by atoms with Crippen molar-refractivity contribution in [2.45, 2.75) is 0 Å². The molecular weight excluding hydrogens is 280 g/mol. The number of benzene rings is 2. The van der Waals surface area contributed by atoms with E-state index in [1.54, 1.807) is 28.4 Å². The summed E-state index contributed by atoms with van der Waals surface area (Å²) in [5.74, 6) is 2.99. The molecule has 0 heterocycles. The van der Waals surface area contributed by atoms with Crippen molar-refractivity contribution in [2.75, 3.05) is 28.4 Å². The van der Waals surface area contributed by atoms with Crippen molar-refractivity contribution in [3.05, 3.63) is 47.5 Å². The highest BCUT2D eigenvalue weighted by molar-refractivity contribution is 5.76. The zero-order chi connectivity index (χ0) is 15.9. The van der Waals surface area contributed by atoms with Crippen molar-refractivity contribution >= 4 is 12.2 Å². The summed E-state index contributed by atoms with van der Waals surface area (Å²) in [7, 11) is 6.54. The van der Waals surface area contributed by atoms with Gasteiger partial charge in [0, 0.05) is 6.07 Å². The van der Waals surface area contributed by atoms with Crippen LogP contribution in [-0.2, 0) is 0 Å². The first-order valence-electron chi connectivity index (χ1n) is 6.84. The summed E-state index contributed by atoms with van der Waals surface area (Å²) in [5, 5.41) is 0. The van der Waals surface area contributed by atoms with Crippen LogP contribution in [0.1, 0.15) is 11.1 Å². The Kier molecular flexibility index (Phi) is 5.31. The van der Waals surface area contributed by atoms with Gasteiger partial charge in [0.05, 0.1) is 34.0 Å². The van der Waals surface area contributed by atoms with Gasteiger partial charge in [-0.1, -0.05) is 12.1 Å². The van der Waals surface area contributed by atoms with E-state index in [0.29, 0.717) is 0 Å². The molecule has 0 saturated carbocycles. The SMILES string of the molecule is COc1cc(/C=C/c2c(OC)cccc2OC)cc(OC)c1. The number of hydrogen-bond acceptors (Lipinski definition) is 4. The van der Waals surface area contributed by atoms with Crippen molar-refractivity contribution < 1.29 is 18.9 Å². The van der Waals surface area contributed by atoms with Gasteiger partial charge >= 0.3 is 0 Å². The third kappa shape index (κ3) is 3.52. The number of ether oxygens (including phenoxy) is 4. The van der Waals surface area contributed by atoms with Crippen LogP contribution < -0.4 is 18.9 Å². The summed E-state index contributed by atoms with van der Waals surface area (Å²) in [6, 6.07) is 11.4. The van der Waals surface area contributed by atoms with Crippen molar-refractivity contribution in [1.29, 1.82) is 0 Å². The maximum absolute atomic E-state index is 5.39. The van der Waals surface area contributed by atoms with Gasteiger partial charge in [0.15, 0.2) is 0 Å². The largest absolute Gasteiger partial charge is 0.497 e. The van der Waals surface area contributed by atoms with E-state index in [2.05, 4.69) is 0 Å². The van der Waals surface area contributed by atoms with Gasteiger partial charge in [-0.2, -0.15) is 0 Å². The molecule has 0 amide bonds. The molecule has 0 aliphatic heterocycles. The lowest BCUT2D eigenvalue weighted by Gasteiger charge is -2.10. The highest BCUT2D eigenvalue weighted by atomic mass is 16.5. The molecule has 0 aliphatic carbocycles. The Hall–Kier alpha value is -2.62. The van der Waals surface area contributed by atoms with Gasteiger partial charge in [0.2, 0.25) is 0 Å². The molecule has 0 N–H and O–H groups in total. The molecule has 0 fully saturated rings. The van der Waals surface area contributed by atoms with Crippen LogP contribution in [0.5, 0.6) is 23.0 Å². The lowest BCUT2D eigenvalue weighted by atomic mass is 10.1. The predicted molar refractivity (Wildman–Crippen MR) is 88.0 cm³/mol. The van der Waals surface area contributed by atoms with E-state index in [9.17, 15) is 0 Å². The summed E-state index contributed by atoms with van der Waals surface area (Å²) in [4.78, 5) is 0. The van der Waals surface area contributed by atoms with Crippen molar-refractivity contribution in [3.8, 4) is 23.0 Å². The summed E-state index contributed by atoms with van der Waals surface area (Å²) in [6.45, 7) is 0. The van der Waals surface area contributed by atoms with Crippen molar-refractivity contribution in [2.24, 2.45) is 0 Å². The van der Waals surface area contributed by atoms with E-state index < -0.39 is 0 Å². The monoisotopic (exact) mass is 300 g/mol. The molecule has 2 aromatic carbocycles. The molecule has 0 bridgehead atoms. The van der Waals surface area contributed by atoms with Crippen LogP contribution in [0.15, 0.2) is 36.4 Å². The lowest BCUT2D eigenvalue weighted by molar-refractivity contribution is 0.392. The Labute approximate surface area is 130 Å². The summed E-state index contributed by atoms with van der Waals surface area (Å²) >= 11 is 0. The topological polar surface area (TPSA) is 36.9 Å².